The molecule has 4 rings (SSSR count). The first-order valence-electron chi connectivity index (χ1n) is 13.6. The summed E-state index contributed by atoms with van der Waals surface area (Å²) in [5.74, 6) is -3.70. The molecular weight excluding hydrogens is 797 g/mol. The number of hydrazone groups is 1. The number of carbonyl (C=O) groups is 3. The number of nitrogens with zero attached hydrogens (tertiary/aromatic N) is 3. The Balaban J connectivity index is 1.80. The molecule has 3 aromatic rings. The molecule has 0 unspecified atom stereocenters. The third-order valence-electron chi connectivity index (χ3n) is 6.80. The number of H-pyrrole nitrogens is 1. The number of amides is 1. The molecule has 1 amide bonds. The topological polar surface area (TPSA) is 341 Å². The van der Waals surface area contributed by atoms with Crippen molar-refractivity contribution < 1.29 is 75.7 Å². The second-order valence-electron chi connectivity index (χ2n) is 10.1. The van der Waals surface area contributed by atoms with Crippen molar-refractivity contribution in [3.63, 3.8) is 0 Å². The summed E-state index contributed by atoms with van der Waals surface area (Å²) in [5.41, 5.74) is -5.43. The van der Waals surface area contributed by atoms with Gasteiger partial charge in [0.05, 0.1) is 46.5 Å². The van der Waals surface area contributed by atoms with E-state index in [9.17, 15) is 71.1 Å². The average Bonchev–Trinajstić information content (AvgIpc) is 3.57. The summed E-state index contributed by atoms with van der Waals surface area (Å²) in [5, 5.41) is 6.18. The Morgan fingerprint density at radius 3 is 1.72 bits per heavy atom. The quantitative estimate of drug-likeness (QED) is 0.0736. The Bertz CT molecular complexity index is 2720. The number of allylic oxidation sites excluding steroid dienone is 4. The van der Waals surface area contributed by atoms with Gasteiger partial charge in [-0.3, -0.25) is 32.9 Å². The summed E-state index contributed by atoms with van der Waals surface area (Å²) >= 11 is 0. The molecule has 282 valence electrons. The smallest absolute Gasteiger partial charge is 0.359 e. The first-order valence-corrected chi connectivity index (χ1v) is 19.4. The number of benzene rings is 2. The van der Waals surface area contributed by atoms with Crippen molar-refractivity contribution >= 4 is 75.8 Å². The monoisotopic (exact) mass is 818 g/mol. The first-order chi connectivity index (χ1) is 24.4. The lowest BCUT2D eigenvalue weighted by Gasteiger charge is -2.15. The van der Waals surface area contributed by atoms with E-state index in [2.05, 4.69) is 19.7 Å². The van der Waals surface area contributed by atoms with E-state index < -0.39 is 117 Å². The molecule has 1 aliphatic heterocycles. The summed E-state index contributed by atoms with van der Waals surface area (Å²) < 4.78 is 143. The molecule has 0 saturated carbocycles. The zero-order valence-electron chi connectivity index (χ0n) is 26.3. The van der Waals surface area contributed by atoms with Crippen LogP contribution in [0, 0.1) is 0 Å². The van der Waals surface area contributed by atoms with Gasteiger partial charge in [-0.05, 0) is 48.6 Å². The fourth-order valence-corrected chi connectivity index (χ4v) is 6.77. The highest BCUT2D eigenvalue weighted by Gasteiger charge is 2.38. The number of hydrogen-bond acceptors (Lipinski definition) is 15. The van der Waals surface area contributed by atoms with Gasteiger partial charge >= 0.3 is 11.9 Å². The number of nitrogens with one attached hydrogen (secondary N) is 1. The number of rotatable bonds is 11. The minimum absolute atomic E-state index is 0.238. The van der Waals surface area contributed by atoms with Crippen LogP contribution in [0.1, 0.15) is 16.1 Å². The maximum Gasteiger partial charge on any atom is 0.359 e. The number of hydrogen-bond donors (Lipinski definition) is 5. The van der Waals surface area contributed by atoms with E-state index in [-0.39, 0.29) is 5.01 Å². The van der Waals surface area contributed by atoms with Crippen LogP contribution in [0.2, 0.25) is 0 Å². The Morgan fingerprint density at radius 1 is 0.717 bits per heavy atom. The van der Waals surface area contributed by atoms with Gasteiger partial charge in [0.25, 0.3) is 51.9 Å². The summed E-state index contributed by atoms with van der Waals surface area (Å²) in [7, 11) is -18.4. The Morgan fingerprint density at radius 2 is 1.23 bits per heavy atom. The molecule has 0 atom stereocenters. The number of ether oxygens (including phenoxy) is 2. The van der Waals surface area contributed by atoms with Crippen molar-refractivity contribution in [3.05, 3.63) is 87.9 Å². The molecule has 22 nitrogen and oxygen atoms in total. The first kappa shape index (κ1) is 40.2. The number of methoxy groups -OCH3 is 2. The predicted molar refractivity (Wildman–Crippen MR) is 177 cm³/mol. The number of esters is 2. The zero-order chi connectivity index (χ0) is 39.8. The van der Waals surface area contributed by atoms with Crippen LogP contribution in [-0.4, -0.2) is 99.4 Å². The predicted octanol–water partition coefficient (Wildman–Crippen LogP) is 0.0106. The molecule has 0 fully saturated rings. The van der Waals surface area contributed by atoms with Crippen molar-refractivity contribution in [2.24, 2.45) is 5.10 Å². The molecule has 1 aliphatic rings. The molecule has 0 aliphatic carbocycles. The van der Waals surface area contributed by atoms with Gasteiger partial charge in [-0.2, -0.15) is 43.8 Å². The van der Waals surface area contributed by atoms with Crippen molar-refractivity contribution in [3.8, 4) is 5.69 Å². The molecule has 2 heterocycles. The van der Waals surface area contributed by atoms with E-state index in [0.717, 1.165) is 44.6 Å². The molecule has 1 aromatic heterocycles. The minimum atomic E-state index is -5.16. The van der Waals surface area contributed by atoms with Crippen LogP contribution in [0.25, 0.3) is 11.8 Å². The standard InChI is InChI=1S/C27H22N4O18S4/c1-48-26(34)22-16(24(32)30(28-22)18-12-14(50(36,37)38)8-10-20(18)52(42,43)44)6-4-3-5-7-17-23(27(35)49-2)29-31(25(17)33)19-13-15(51(39,40)41)9-11-21(19)53(45,46)47/h3-13,28H,1-2H3,(H,36,37,38)(H,39,40,41)(H,42,43,44)(H,45,46,47)/b5-3+,6-4+,17-7+. The van der Waals surface area contributed by atoms with Crippen LogP contribution in [0.5, 0.6) is 0 Å². The highest BCUT2D eigenvalue weighted by Crippen LogP contribution is 2.33. The van der Waals surface area contributed by atoms with Gasteiger partial charge in [-0.25, -0.2) is 14.3 Å². The maximum absolute atomic E-state index is 13.4. The lowest BCUT2D eigenvalue weighted by Crippen LogP contribution is -2.24. The second kappa shape index (κ2) is 14.4. The maximum atomic E-state index is 13.4. The molecule has 53 heavy (non-hydrogen) atoms. The van der Waals surface area contributed by atoms with Crippen LogP contribution in [0.15, 0.2) is 95.8 Å². The zero-order valence-corrected chi connectivity index (χ0v) is 29.6. The van der Waals surface area contributed by atoms with Gasteiger partial charge in [0, 0.05) is 0 Å². The van der Waals surface area contributed by atoms with Crippen molar-refractivity contribution in [2.75, 3.05) is 19.2 Å². The third kappa shape index (κ3) is 8.39. The third-order valence-corrected chi connectivity index (χ3v) is 10.3. The van der Waals surface area contributed by atoms with Gasteiger partial charge in [-0.15, -0.1) is 0 Å². The van der Waals surface area contributed by atoms with Gasteiger partial charge in [-0.1, -0.05) is 18.2 Å². The molecule has 0 saturated heterocycles. The number of aromatic nitrogens is 2. The Hall–Kier alpha value is -5.61. The molecule has 0 radical (unpaired) electrons. The van der Waals surface area contributed by atoms with E-state index >= 15 is 0 Å². The van der Waals surface area contributed by atoms with Crippen LogP contribution < -0.4 is 10.6 Å². The highest BCUT2D eigenvalue weighted by molar-refractivity contribution is 7.87. The van der Waals surface area contributed by atoms with Gasteiger partial charge < -0.3 is 9.47 Å². The van der Waals surface area contributed by atoms with E-state index in [0.29, 0.717) is 41.1 Å². The van der Waals surface area contributed by atoms with Crippen molar-refractivity contribution in [1.82, 2.24) is 9.78 Å². The lowest BCUT2D eigenvalue weighted by molar-refractivity contribution is -0.132. The van der Waals surface area contributed by atoms with Gasteiger partial charge in [0.1, 0.15) is 9.79 Å². The van der Waals surface area contributed by atoms with Crippen molar-refractivity contribution in [2.45, 2.75) is 19.6 Å². The molecular formula is C27H22N4O18S4. The molecule has 0 spiro atoms. The SMILES string of the molecule is COC(=O)C1=NN(c2cc(S(=O)(=O)O)ccc2S(=O)(=O)O)C(=O)/C1=C/C=C/C=C/c1c(C(=O)OC)[nH]n(-c2cc(S(=O)(=O)O)ccc2S(=O)(=O)O)c1=O. The Kier molecular flexibility index (Phi) is 10.9. The summed E-state index contributed by atoms with van der Waals surface area (Å²) in [6.07, 6.45) is 5.10. The highest BCUT2D eigenvalue weighted by atomic mass is 32.2. The average molecular weight is 819 g/mol. The van der Waals surface area contributed by atoms with E-state index in [4.69, 9.17) is 0 Å². The number of anilines is 1. The Labute approximate surface area is 297 Å². The van der Waals surface area contributed by atoms with Gasteiger partial charge in [0.2, 0.25) is 0 Å². The van der Waals surface area contributed by atoms with Crippen molar-refractivity contribution in [1.29, 1.82) is 0 Å². The number of aromatic amines is 1. The molecule has 26 heteroatoms. The van der Waals surface area contributed by atoms with Crippen LogP contribution in [-0.2, 0) is 59.5 Å². The summed E-state index contributed by atoms with van der Waals surface area (Å²) in [6.45, 7) is 0. The van der Waals surface area contributed by atoms with Crippen LogP contribution in [0.4, 0.5) is 5.69 Å². The summed E-state index contributed by atoms with van der Waals surface area (Å²) in [6, 6.07) is 3.33. The van der Waals surface area contributed by atoms with Gasteiger partial charge in [0.15, 0.2) is 11.4 Å². The molecule has 2 aromatic carbocycles. The number of carbonyl (C=O) groups excluding carboxylic acids is 3. The van der Waals surface area contributed by atoms with Crippen LogP contribution >= 0.6 is 0 Å². The lowest BCUT2D eigenvalue weighted by atomic mass is 10.1. The van der Waals surface area contributed by atoms with E-state index in [1.54, 1.807) is 0 Å². The minimum Gasteiger partial charge on any atom is -0.464 e. The fourth-order valence-electron chi connectivity index (χ4n) is 4.47. The normalized spacial score (nSPS) is 15.1. The fraction of sp³-hybridized carbons (Fsp3) is 0.0741. The van der Waals surface area contributed by atoms with E-state index in [1.807, 2.05) is 0 Å². The van der Waals surface area contributed by atoms with E-state index in [1.165, 1.54) is 0 Å². The molecule has 0 bridgehead atoms. The molecule has 5 N–H and O–H groups in total. The summed E-state index contributed by atoms with van der Waals surface area (Å²) in [4.78, 5) is 47.9. The largest absolute Gasteiger partial charge is 0.464 e. The second-order valence-corrected chi connectivity index (χ2v) is 15.7. The van der Waals surface area contributed by atoms with Crippen LogP contribution in [0.3, 0.4) is 0 Å².